The molecule has 0 bridgehead atoms. The summed E-state index contributed by atoms with van der Waals surface area (Å²) in [5, 5.41) is 29.7. The van der Waals surface area contributed by atoms with Gasteiger partial charge in [-0.1, -0.05) is 6.07 Å². The third-order valence-corrected chi connectivity index (χ3v) is 3.29. The number of amides is 1. The molecule has 1 aromatic carbocycles. The van der Waals surface area contributed by atoms with E-state index in [-0.39, 0.29) is 18.2 Å². The highest BCUT2D eigenvalue weighted by molar-refractivity contribution is 5.98. The van der Waals surface area contributed by atoms with Crippen LogP contribution in [0.15, 0.2) is 18.2 Å². The number of phenols is 1. The van der Waals surface area contributed by atoms with Crippen molar-refractivity contribution in [3.05, 3.63) is 33.9 Å². The fraction of sp³-hybridized carbons (Fsp3) is 0.417. The van der Waals surface area contributed by atoms with Gasteiger partial charge in [-0.2, -0.15) is 0 Å². The molecule has 1 atom stereocenters. The van der Waals surface area contributed by atoms with Crippen molar-refractivity contribution in [3.63, 3.8) is 0 Å². The van der Waals surface area contributed by atoms with Gasteiger partial charge in [0.25, 0.3) is 5.91 Å². The van der Waals surface area contributed by atoms with Gasteiger partial charge >= 0.3 is 5.69 Å². The predicted molar refractivity (Wildman–Crippen MR) is 65.9 cm³/mol. The number of likely N-dealkylation sites (tertiary alicyclic amines) is 1. The normalized spacial score (nSPS) is 18.6. The van der Waals surface area contributed by atoms with Gasteiger partial charge in [-0.15, -0.1) is 0 Å². The summed E-state index contributed by atoms with van der Waals surface area (Å²) in [7, 11) is 0. The maximum atomic E-state index is 12.2. The first-order valence-electron chi connectivity index (χ1n) is 5.94. The van der Waals surface area contributed by atoms with Crippen LogP contribution in [0.4, 0.5) is 5.69 Å². The topological polar surface area (TPSA) is 104 Å². The molecule has 1 aromatic rings. The van der Waals surface area contributed by atoms with Crippen molar-refractivity contribution in [1.82, 2.24) is 4.90 Å². The lowest BCUT2D eigenvalue weighted by Crippen LogP contribution is -2.37. The van der Waals surface area contributed by atoms with E-state index in [9.17, 15) is 25.1 Å². The molecule has 2 rings (SSSR count). The van der Waals surface area contributed by atoms with Gasteiger partial charge in [-0.05, 0) is 18.9 Å². The van der Waals surface area contributed by atoms with Crippen molar-refractivity contribution < 1.29 is 19.9 Å². The number of carbonyl (C=O) groups is 1. The highest BCUT2D eigenvalue weighted by Crippen LogP contribution is 2.31. The Morgan fingerprint density at radius 2 is 2.26 bits per heavy atom. The van der Waals surface area contributed by atoms with E-state index in [1.54, 1.807) is 0 Å². The number of nitro groups is 1. The van der Waals surface area contributed by atoms with Gasteiger partial charge in [0.15, 0.2) is 0 Å². The summed E-state index contributed by atoms with van der Waals surface area (Å²) in [6, 6.07) is 3.55. The van der Waals surface area contributed by atoms with E-state index in [1.165, 1.54) is 17.0 Å². The van der Waals surface area contributed by atoms with Gasteiger partial charge in [0.2, 0.25) is 5.75 Å². The largest absolute Gasteiger partial charge is 0.502 e. The Bertz CT molecular complexity index is 517. The van der Waals surface area contributed by atoms with Crippen LogP contribution in [0.5, 0.6) is 5.75 Å². The van der Waals surface area contributed by atoms with Crippen LogP contribution in [0.3, 0.4) is 0 Å². The summed E-state index contributed by atoms with van der Waals surface area (Å²) < 4.78 is 0. The molecular weight excluding hydrogens is 252 g/mol. The molecule has 0 aliphatic carbocycles. The Labute approximate surface area is 109 Å². The number of benzene rings is 1. The first-order chi connectivity index (χ1) is 9.06. The summed E-state index contributed by atoms with van der Waals surface area (Å²) >= 11 is 0. The Morgan fingerprint density at radius 1 is 1.53 bits per heavy atom. The van der Waals surface area contributed by atoms with E-state index < -0.39 is 22.3 Å². The minimum Gasteiger partial charge on any atom is -0.502 e. The Morgan fingerprint density at radius 3 is 2.89 bits per heavy atom. The van der Waals surface area contributed by atoms with Crippen LogP contribution in [0.1, 0.15) is 23.2 Å². The molecule has 7 heteroatoms. The van der Waals surface area contributed by atoms with E-state index in [0.717, 1.165) is 12.5 Å². The second-order valence-corrected chi connectivity index (χ2v) is 4.41. The standard InChI is InChI=1S/C12H14N2O5/c15-7-8-3-2-6-13(8)12(17)9-4-1-5-10(11(9)16)14(18)19/h1,4-5,8,15-16H,2-3,6-7H2/t8-/m1/s1. The molecule has 0 radical (unpaired) electrons. The van der Waals surface area contributed by atoms with Crippen LogP contribution in [0.25, 0.3) is 0 Å². The molecule has 1 amide bonds. The Balaban J connectivity index is 2.34. The maximum Gasteiger partial charge on any atom is 0.311 e. The van der Waals surface area contributed by atoms with E-state index in [2.05, 4.69) is 0 Å². The molecule has 1 fully saturated rings. The summed E-state index contributed by atoms with van der Waals surface area (Å²) in [4.78, 5) is 23.7. The number of hydrogen-bond acceptors (Lipinski definition) is 5. The van der Waals surface area contributed by atoms with Crippen molar-refractivity contribution in [2.24, 2.45) is 0 Å². The van der Waals surface area contributed by atoms with Gasteiger partial charge in [0.05, 0.1) is 23.1 Å². The van der Waals surface area contributed by atoms with Crippen LogP contribution < -0.4 is 0 Å². The second-order valence-electron chi connectivity index (χ2n) is 4.41. The summed E-state index contributed by atoms with van der Waals surface area (Å²) in [6.07, 6.45) is 1.46. The van der Waals surface area contributed by atoms with Gasteiger partial charge in [-0.25, -0.2) is 0 Å². The third-order valence-electron chi connectivity index (χ3n) is 3.29. The average Bonchev–Trinajstić information content (AvgIpc) is 2.86. The number of hydrogen-bond donors (Lipinski definition) is 2. The zero-order valence-corrected chi connectivity index (χ0v) is 10.2. The first-order valence-corrected chi connectivity index (χ1v) is 5.94. The van der Waals surface area contributed by atoms with Crippen molar-refractivity contribution in [3.8, 4) is 5.75 Å². The molecule has 1 aliphatic rings. The van der Waals surface area contributed by atoms with Crippen LogP contribution >= 0.6 is 0 Å². The molecule has 0 aromatic heterocycles. The van der Waals surface area contributed by atoms with Gasteiger partial charge in [0.1, 0.15) is 0 Å². The minimum absolute atomic E-state index is 0.102. The predicted octanol–water partition coefficient (Wildman–Crippen LogP) is 0.897. The lowest BCUT2D eigenvalue weighted by atomic mass is 10.1. The number of rotatable bonds is 3. The van der Waals surface area contributed by atoms with Crippen LogP contribution in [0, 0.1) is 10.1 Å². The van der Waals surface area contributed by atoms with Crippen LogP contribution in [-0.2, 0) is 0 Å². The van der Waals surface area contributed by atoms with Crippen molar-refractivity contribution in [2.75, 3.05) is 13.2 Å². The van der Waals surface area contributed by atoms with Crippen molar-refractivity contribution >= 4 is 11.6 Å². The lowest BCUT2D eigenvalue weighted by Gasteiger charge is -2.23. The zero-order chi connectivity index (χ0) is 14.0. The highest BCUT2D eigenvalue weighted by atomic mass is 16.6. The minimum atomic E-state index is -0.736. The maximum absolute atomic E-state index is 12.2. The van der Waals surface area contributed by atoms with E-state index in [1.807, 2.05) is 0 Å². The van der Waals surface area contributed by atoms with Crippen molar-refractivity contribution in [2.45, 2.75) is 18.9 Å². The quantitative estimate of drug-likeness (QED) is 0.624. The smallest absolute Gasteiger partial charge is 0.311 e. The Hall–Kier alpha value is -2.15. The molecule has 1 saturated heterocycles. The fourth-order valence-electron chi connectivity index (χ4n) is 2.30. The third kappa shape index (κ3) is 2.37. The molecule has 7 nitrogen and oxygen atoms in total. The fourth-order valence-corrected chi connectivity index (χ4v) is 2.30. The van der Waals surface area contributed by atoms with E-state index in [0.29, 0.717) is 13.0 Å². The van der Waals surface area contributed by atoms with Crippen LogP contribution in [0.2, 0.25) is 0 Å². The number of nitro benzene ring substituents is 1. The lowest BCUT2D eigenvalue weighted by molar-refractivity contribution is -0.385. The summed E-state index contributed by atoms with van der Waals surface area (Å²) in [6.45, 7) is 0.327. The van der Waals surface area contributed by atoms with Crippen molar-refractivity contribution in [1.29, 1.82) is 0 Å². The average molecular weight is 266 g/mol. The number of aliphatic hydroxyl groups is 1. The molecule has 1 aliphatic heterocycles. The number of nitrogens with zero attached hydrogens (tertiary/aromatic N) is 2. The van der Waals surface area contributed by atoms with Crippen LogP contribution in [-0.4, -0.2) is 45.1 Å². The summed E-state index contributed by atoms with van der Waals surface area (Å²) in [5.41, 5.74) is -0.597. The first kappa shape index (κ1) is 13.3. The number of aliphatic hydroxyl groups excluding tert-OH is 1. The molecule has 0 saturated carbocycles. The Kier molecular flexibility index (Phi) is 3.66. The second kappa shape index (κ2) is 5.23. The van der Waals surface area contributed by atoms with Gasteiger partial charge in [0, 0.05) is 12.6 Å². The highest BCUT2D eigenvalue weighted by Gasteiger charge is 2.31. The summed E-state index contributed by atoms with van der Waals surface area (Å²) in [5.74, 6) is -1.11. The monoisotopic (exact) mass is 266 g/mol. The molecule has 2 N–H and O–H groups in total. The number of para-hydroxylation sites is 1. The SMILES string of the molecule is O=C(c1cccc([N+](=O)[O-])c1O)N1CCC[C@@H]1CO. The zero-order valence-electron chi connectivity index (χ0n) is 10.2. The molecule has 0 spiro atoms. The van der Waals surface area contributed by atoms with E-state index >= 15 is 0 Å². The van der Waals surface area contributed by atoms with Gasteiger partial charge < -0.3 is 15.1 Å². The molecule has 0 unspecified atom stereocenters. The van der Waals surface area contributed by atoms with Gasteiger partial charge in [-0.3, -0.25) is 14.9 Å². The number of carbonyl (C=O) groups excluding carboxylic acids is 1. The molecule has 1 heterocycles. The molecule has 19 heavy (non-hydrogen) atoms. The molecule has 102 valence electrons. The number of aromatic hydroxyl groups is 1. The molecular formula is C12H14N2O5. The van der Waals surface area contributed by atoms with E-state index in [4.69, 9.17) is 0 Å². The number of phenolic OH excluding ortho intramolecular Hbond substituents is 1.